The Balaban J connectivity index is 2.48. The standard InChI is InChI=1S/C15H12N4S/c1-11-18-14(12-6-3-2-4-7-12)13(10-17)15(19-11)20-9-5-8-16/h2-4,6-7H,5,9H2,1H3. The molecule has 0 aliphatic heterocycles. The number of nitriles is 2. The average molecular weight is 280 g/mol. The molecule has 0 atom stereocenters. The summed E-state index contributed by atoms with van der Waals surface area (Å²) in [6.07, 6.45) is 0.430. The van der Waals surface area contributed by atoms with Crippen molar-refractivity contribution in [2.24, 2.45) is 0 Å². The quantitative estimate of drug-likeness (QED) is 0.488. The first-order valence-corrected chi connectivity index (χ1v) is 7.08. The van der Waals surface area contributed by atoms with E-state index in [9.17, 15) is 5.26 Å². The Kier molecular flexibility index (Phi) is 4.70. The van der Waals surface area contributed by atoms with Crippen LogP contribution in [-0.4, -0.2) is 15.7 Å². The average Bonchev–Trinajstić information content (AvgIpc) is 2.48. The van der Waals surface area contributed by atoms with Gasteiger partial charge in [0.05, 0.1) is 11.8 Å². The Bertz CT molecular complexity index is 684. The van der Waals surface area contributed by atoms with E-state index in [1.807, 2.05) is 37.3 Å². The summed E-state index contributed by atoms with van der Waals surface area (Å²) in [5.41, 5.74) is 2.03. The minimum absolute atomic E-state index is 0.430. The fraction of sp³-hybridized carbons (Fsp3) is 0.200. The third-order valence-corrected chi connectivity index (χ3v) is 3.58. The van der Waals surface area contributed by atoms with Crippen LogP contribution in [0.25, 0.3) is 11.3 Å². The van der Waals surface area contributed by atoms with Crippen LogP contribution in [0.5, 0.6) is 0 Å². The van der Waals surface area contributed by atoms with Crippen LogP contribution in [0, 0.1) is 29.6 Å². The van der Waals surface area contributed by atoms with Gasteiger partial charge in [-0.05, 0) is 6.92 Å². The maximum Gasteiger partial charge on any atom is 0.127 e. The van der Waals surface area contributed by atoms with Crippen molar-refractivity contribution in [1.82, 2.24) is 9.97 Å². The molecule has 98 valence electrons. The van der Waals surface area contributed by atoms with E-state index in [-0.39, 0.29) is 0 Å². The predicted molar refractivity (Wildman–Crippen MR) is 77.9 cm³/mol. The molecule has 0 aliphatic rings. The van der Waals surface area contributed by atoms with Gasteiger partial charge in [0.15, 0.2) is 0 Å². The molecule has 0 N–H and O–H groups in total. The first kappa shape index (κ1) is 14.0. The molecule has 2 aromatic rings. The van der Waals surface area contributed by atoms with E-state index >= 15 is 0 Å². The van der Waals surface area contributed by atoms with Gasteiger partial charge in [0, 0.05) is 17.7 Å². The summed E-state index contributed by atoms with van der Waals surface area (Å²) in [5.74, 6) is 1.25. The first-order valence-electron chi connectivity index (χ1n) is 6.10. The van der Waals surface area contributed by atoms with E-state index in [4.69, 9.17) is 5.26 Å². The molecule has 0 amide bonds. The van der Waals surface area contributed by atoms with Crippen molar-refractivity contribution in [2.75, 3.05) is 5.75 Å². The number of aromatic nitrogens is 2. The summed E-state index contributed by atoms with van der Waals surface area (Å²) < 4.78 is 0. The lowest BCUT2D eigenvalue weighted by Gasteiger charge is -2.08. The monoisotopic (exact) mass is 280 g/mol. The van der Waals surface area contributed by atoms with Gasteiger partial charge in [-0.25, -0.2) is 9.97 Å². The van der Waals surface area contributed by atoms with Gasteiger partial charge < -0.3 is 0 Å². The van der Waals surface area contributed by atoms with Gasteiger partial charge in [0.1, 0.15) is 22.5 Å². The SMILES string of the molecule is Cc1nc(SCCC#N)c(C#N)c(-c2ccccc2)n1. The van der Waals surface area contributed by atoms with Crippen molar-refractivity contribution in [3.8, 4) is 23.4 Å². The Morgan fingerprint density at radius 3 is 2.55 bits per heavy atom. The van der Waals surface area contributed by atoms with Gasteiger partial charge in [-0.3, -0.25) is 0 Å². The highest BCUT2D eigenvalue weighted by atomic mass is 32.2. The summed E-state index contributed by atoms with van der Waals surface area (Å²) in [7, 11) is 0. The van der Waals surface area contributed by atoms with E-state index in [0.29, 0.717) is 34.3 Å². The lowest BCUT2D eigenvalue weighted by molar-refractivity contribution is 0.960. The zero-order chi connectivity index (χ0) is 14.4. The highest BCUT2D eigenvalue weighted by Crippen LogP contribution is 2.28. The normalized spacial score (nSPS) is 9.75. The largest absolute Gasteiger partial charge is 0.232 e. The molecule has 5 heteroatoms. The van der Waals surface area contributed by atoms with Gasteiger partial charge in [-0.15, -0.1) is 11.8 Å². The van der Waals surface area contributed by atoms with Crippen LogP contribution < -0.4 is 0 Å². The minimum atomic E-state index is 0.430. The smallest absolute Gasteiger partial charge is 0.127 e. The molecule has 20 heavy (non-hydrogen) atoms. The molecule has 0 fully saturated rings. The summed E-state index contributed by atoms with van der Waals surface area (Å²) in [6.45, 7) is 1.81. The van der Waals surface area contributed by atoms with Crippen molar-refractivity contribution in [2.45, 2.75) is 18.4 Å². The van der Waals surface area contributed by atoms with Gasteiger partial charge in [0.2, 0.25) is 0 Å². The third kappa shape index (κ3) is 3.14. The number of thioether (sulfide) groups is 1. The molecule has 2 rings (SSSR count). The van der Waals surface area contributed by atoms with Crippen LogP contribution in [-0.2, 0) is 0 Å². The van der Waals surface area contributed by atoms with E-state index in [1.54, 1.807) is 0 Å². The number of aryl methyl sites for hydroxylation is 1. The molecule has 0 radical (unpaired) electrons. The van der Waals surface area contributed by atoms with E-state index in [1.165, 1.54) is 11.8 Å². The second-order valence-electron chi connectivity index (χ2n) is 4.03. The maximum atomic E-state index is 9.40. The van der Waals surface area contributed by atoms with Crippen molar-refractivity contribution in [1.29, 1.82) is 10.5 Å². The maximum absolute atomic E-state index is 9.40. The van der Waals surface area contributed by atoms with E-state index in [2.05, 4.69) is 22.1 Å². The van der Waals surface area contributed by atoms with Gasteiger partial charge in [-0.2, -0.15) is 10.5 Å². The van der Waals surface area contributed by atoms with E-state index in [0.717, 1.165) is 5.56 Å². The lowest BCUT2D eigenvalue weighted by atomic mass is 10.1. The summed E-state index contributed by atoms with van der Waals surface area (Å²) in [5, 5.41) is 18.6. The Labute approximate surface area is 122 Å². The Morgan fingerprint density at radius 2 is 1.90 bits per heavy atom. The number of nitrogens with zero attached hydrogens (tertiary/aromatic N) is 4. The van der Waals surface area contributed by atoms with Crippen LogP contribution in [0.4, 0.5) is 0 Å². The molecular formula is C15H12N4S. The Hall–Kier alpha value is -2.37. The van der Waals surface area contributed by atoms with Gasteiger partial charge in [0.25, 0.3) is 0 Å². The summed E-state index contributed by atoms with van der Waals surface area (Å²) in [6, 6.07) is 13.9. The van der Waals surface area contributed by atoms with Crippen LogP contribution in [0.15, 0.2) is 35.4 Å². The molecule has 0 saturated heterocycles. The van der Waals surface area contributed by atoms with Crippen LogP contribution in [0.3, 0.4) is 0 Å². The molecule has 0 spiro atoms. The van der Waals surface area contributed by atoms with Crippen molar-refractivity contribution >= 4 is 11.8 Å². The summed E-state index contributed by atoms with van der Waals surface area (Å²) in [4.78, 5) is 8.71. The fourth-order valence-electron chi connectivity index (χ4n) is 1.75. The number of rotatable bonds is 4. The molecule has 0 aliphatic carbocycles. The van der Waals surface area contributed by atoms with Crippen LogP contribution in [0.1, 0.15) is 17.8 Å². The second kappa shape index (κ2) is 6.70. The molecule has 1 aromatic carbocycles. The number of hydrogen-bond donors (Lipinski definition) is 0. The van der Waals surface area contributed by atoms with E-state index < -0.39 is 0 Å². The van der Waals surface area contributed by atoms with Crippen LogP contribution >= 0.6 is 11.8 Å². The number of benzene rings is 1. The molecule has 0 unspecified atom stereocenters. The topological polar surface area (TPSA) is 73.4 Å². The van der Waals surface area contributed by atoms with Crippen molar-refractivity contribution < 1.29 is 0 Å². The third-order valence-electron chi connectivity index (χ3n) is 2.60. The zero-order valence-corrected chi connectivity index (χ0v) is 11.8. The molecule has 1 heterocycles. The first-order chi connectivity index (χ1) is 9.76. The van der Waals surface area contributed by atoms with Gasteiger partial charge >= 0.3 is 0 Å². The van der Waals surface area contributed by atoms with Crippen molar-refractivity contribution in [3.05, 3.63) is 41.7 Å². The Morgan fingerprint density at radius 1 is 1.15 bits per heavy atom. The number of hydrogen-bond acceptors (Lipinski definition) is 5. The molecule has 4 nitrogen and oxygen atoms in total. The fourth-order valence-corrected chi connectivity index (χ4v) is 2.62. The van der Waals surface area contributed by atoms with Crippen LogP contribution in [0.2, 0.25) is 0 Å². The lowest BCUT2D eigenvalue weighted by Crippen LogP contribution is -1.99. The molecular weight excluding hydrogens is 268 g/mol. The zero-order valence-electron chi connectivity index (χ0n) is 11.0. The minimum Gasteiger partial charge on any atom is -0.232 e. The molecule has 0 saturated carbocycles. The van der Waals surface area contributed by atoms with Gasteiger partial charge in [-0.1, -0.05) is 30.3 Å². The highest BCUT2D eigenvalue weighted by molar-refractivity contribution is 7.99. The highest BCUT2D eigenvalue weighted by Gasteiger charge is 2.14. The second-order valence-corrected chi connectivity index (χ2v) is 5.12. The summed E-state index contributed by atoms with van der Waals surface area (Å²) >= 11 is 1.42. The van der Waals surface area contributed by atoms with Crippen molar-refractivity contribution in [3.63, 3.8) is 0 Å². The molecule has 1 aromatic heterocycles. The predicted octanol–water partition coefficient (Wildman–Crippen LogP) is 3.33. The molecule has 0 bridgehead atoms.